The molecule has 4 aromatic carbocycles. The van der Waals surface area contributed by atoms with E-state index in [4.69, 9.17) is 0 Å². The van der Waals surface area contributed by atoms with Crippen LogP contribution in [0.3, 0.4) is 0 Å². The van der Waals surface area contributed by atoms with Gasteiger partial charge in [0.1, 0.15) is 17.9 Å². The molecule has 0 spiro atoms. The molecule has 0 saturated heterocycles. The first kappa shape index (κ1) is 25.0. The van der Waals surface area contributed by atoms with E-state index in [9.17, 15) is 18.7 Å². The fourth-order valence-corrected chi connectivity index (χ4v) is 4.29. The number of aliphatic hydroxyl groups excluding tert-OH is 1. The van der Waals surface area contributed by atoms with Gasteiger partial charge in [0.15, 0.2) is 0 Å². The Kier molecular flexibility index (Phi) is 6.81. The summed E-state index contributed by atoms with van der Waals surface area (Å²) in [5.74, 6) is -0.543. The lowest BCUT2D eigenvalue weighted by atomic mass is 10.1. The first-order chi connectivity index (χ1) is 18.4. The average molecular weight is 511 g/mol. The third kappa shape index (κ3) is 4.81. The molecule has 0 aliphatic heterocycles. The van der Waals surface area contributed by atoms with Crippen molar-refractivity contribution in [3.05, 3.63) is 119 Å². The van der Waals surface area contributed by atoms with E-state index in [1.807, 2.05) is 38.1 Å². The predicted octanol–water partition coefficient (Wildman–Crippen LogP) is 6.25. The van der Waals surface area contributed by atoms with Gasteiger partial charge in [-0.15, -0.1) is 0 Å². The van der Waals surface area contributed by atoms with Crippen molar-refractivity contribution >= 4 is 28.1 Å². The van der Waals surface area contributed by atoms with Crippen LogP contribution in [0.1, 0.15) is 27.0 Å². The lowest BCUT2D eigenvalue weighted by molar-refractivity contribution is 0.112. The summed E-state index contributed by atoms with van der Waals surface area (Å²) < 4.78 is 29.4. The van der Waals surface area contributed by atoms with Crippen LogP contribution in [-0.2, 0) is 6.61 Å². The Labute approximate surface area is 217 Å². The molecular formula is C30H24F2N4O2. The first-order valence-corrected chi connectivity index (χ1v) is 11.9. The third-order valence-electron chi connectivity index (χ3n) is 6.42. The standard InChI is InChI=1S/C15H13FN2O.C15H11FN2O/c2*1-10-6-15-11(7-12(10)9-19)8-17-18(15)14-4-2-13(16)3-5-14/h2-8,19H,9H2,1H3;2-9H,1H3. The molecule has 6 aromatic rings. The van der Waals surface area contributed by atoms with Crippen molar-refractivity contribution in [2.45, 2.75) is 20.5 Å². The molecule has 6 rings (SSSR count). The van der Waals surface area contributed by atoms with Crippen LogP contribution >= 0.6 is 0 Å². The van der Waals surface area contributed by atoms with E-state index in [1.54, 1.807) is 46.0 Å². The number of hydrogen-bond donors (Lipinski definition) is 1. The Balaban J connectivity index is 0.000000155. The van der Waals surface area contributed by atoms with Gasteiger partial charge in [0.25, 0.3) is 0 Å². The highest BCUT2D eigenvalue weighted by atomic mass is 19.1. The zero-order chi connectivity index (χ0) is 26.8. The smallest absolute Gasteiger partial charge is 0.150 e. The Morgan fingerprint density at radius 2 is 1.21 bits per heavy atom. The second kappa shape index (κ2) is 10.4. The quantitative estimate of drug-likeness (QED) is 0.285. The van der Waals surface area contributed by atoms with Crippen LogP contribution < -0.4 is 0 Å². The zero-order valence-corrected chi connectivity index (χ0v) is 20.8. The topological polar surface area (TPSA) is 72.9 Å². The van der Waals surface area contributed by atoms with Gasteiger partial charge < -0.3 is 5.11 Å². The maximum atomic E-state index is 12.9. The Morgan fingerprint density at radius 1 is 0.737 bits per heavy atom. The molecule has 38 heavy (non-hydrogen) atoms. The van der Waals surface area contributed by atoms with Crippen molar-refractivity contribution in [3.8, 4) is 11.4 Å². The molecule has 0 radical (unpaired) electrons. The maximum Gasteiger partial charge on any atom is 0.150 e. The minimum absolute atomic E-state index is 0.0174. The number of aldehydes is 1. The van der Waals surface area contributed by atoms with Crippen LogP contribution in [0.2, 0.25) is 0 Å². The summed E-state index contributed by atoms with van der Waals surface area (Å²) in [6.07, 6.45) is 4.28. The number of aryl methyl sites for hydroxylation is 2. The summed E-state index contributed by atoms with van der Waals surface area (Å²) >= 11 is 0. The molecule has 2 aromatic heterocycles. The van der Waals surface area contributed by atoms with Crippen molar-refractivity contribution < 1.29 is 18.7 Å². The molecule has 0 saturated carbocycles. The number of halogens is 2. The van der Waals surface area contributed by atoms with Crippen molar-refractivity contribution in [2.75, 3.05) is 0 Å². The van der Waals surface area contributed by atoms with Crippen molar-refractivity contribution in [2.24, 2.45) is 0 Å². The maximum absolute atomic E-state index is 12.9. The fourth-order valence-electron chi connectivity index (χ4n) is 4.29. The Morgan fingerprint density at radius 3 is 1.68 bits per heavy atom. The molecule has 0 unspecified atom stereocenters. The lowest BCUT2D eigenvalue weighted by Gasteiger charge is -2.06. The van der Waals surface area contributed by atoms with E-state index < -0.39 is 0 Å². The predicted molar refractivity (Wildman–Crippen MR) is 143 cm³/mol. The van der Waals surface area contributed by atoms with Crippen LogP contribution in [0.25, 0.3) is 33.2 Å². The number of aliphatic hydroxyl groups is 1. The summed E-state index contributed by atoms with van der Waals surface area (Å²) in [6.45, 7) is 3.85. The highest BCUT2D eigenvalue weighted by Gasteiger charge is 2.09. The van der Waals surface area contributed by atoms with E-state index in [0.717, 1.165) is 56.2 Å². The molecule has 0 bridgehead atoms. The average Bonchev–Trinajstić information content (AvgIpc) is 3.52. The molecule has 8 heteroatoms. The summed E-state index contributed by atoms with van der Waals surface area (Å²) in [5.41, 5.74) is 6.90. The molecule has 190 valence electrons. The zero-order valence-electron chi connectivity index (χ0n) is 20.8. The number of benzene rings is 4. The van der Waals surface area contributed by atoms with Crippen molar-refractivity contribution in [3.63, 3.8) is 0 Å². The van der Waals surface area contributed by atoms with Gasteiger partial charge in [-0.2, -0.15) is 10.2 Å². The first-order valence-electron chi connectivity index (χ1n) is 11.9. The van der Waals surface area contributed by atoms with E-state index >= 15 is 0 Å². The van der Waals surface area contributed by atoms with Gasteiger partial charge in [0, 0.05) is 16.3 Å². The van der Waals surface area contributed by atoms with Gasteiger partial charge in [0.2, 0.25) is 0 Å². The molecule has 1 N–H and O–H groups in total. The molecule has 0 aliphatic carbocycles. The molecule has 0 fully saturated rings. The molecule has 6 nitrogen and oxygen atoms in total. The van der Waals surface area contributed by atoms with E-state index in [2.05, 4.69) is 10.2 Å². The van der Waals surface area contributed by atoms with Crippen LogP contribution in [0.5, 0.6) is 0 Å². The number of carbonyl (C=O) groups excluding carboxylic acids is 1. The van der Waals surface area contributed by atoms with Gasteiger partial charge in [-0.05, 0) is 103 Å². The minimum atomic E-state index is -0.278. The van der Waals surface area contributed by atoms with E-state index in [0.29, 0.717) is 5.56 Å². The van der Waals surface area contributed by atoms with Gasteiger partial charge in [-0.3, -0.25) is 4.79 Å². The van der Waals surface area contributed by atoms with Crippen LogP contribution in [0, 0.1) is 25.5 Å². The number of rotatable bonds is 4. The highest BCUT2D eigenvalue weighted by Crippen LogP contribution is 2.23. The van der Waals surface area contributed by atoms with Gasteiger partial charge in [0.05, 0.1) is 41.4 Å². The third-order valence-corrected chi connectivity index (χ3v) is 6.42. The normalized spacial score (nSPS) is 11.0. The number of nitrogens with zero attached hydrogens (tertiary/aromatic N) is 4. The summed E-state index contributed by atoms with van der Waals surface area (Å²) in [6, 6.07) is 20.0. The molecule has 0 atom stereocenters. The lowest BCUT2D eigenvalue weighted by Crippen LogP contribution is -1.97. The Hall–Kier alpha value is -4.69. The fraction of sp³-hybridized carbons (Fsp3) is 0.100. The number of carbonyl (C=O) groups is 1. The molecule has 0 amide bonds. The van der Waals surface area contributed by atoms with Crippen LogP contribution in [-0.4, -0.2) is 31.0 Å². The summed E-state index contributed by atoms with van der Waals surface area (Å²) in [5, 5.41) is 19.7. The number of fused-ring (bicyclic) bond motifs is 2. The molecule has 0 aliphatic rings. The molecule has 2 heterocycles. The largest absolute Gasteiger partial charge is 0.392 e. The summed E-state index contributed by atoms with van der Waals surface area (Å²) in [7, 11) is 0. The molecular weight excluding hydrogens is 486 g/mol. The van der Waals surface area contributed by atoms with Crippen molar-refractivity contribution in [1.29, 1.82) is 0 Å². The van der Waals surface area contributed by atoms with Crippen LogP contribution in [0.4, 0.5) is 8.78 Å². The van der Waals surface area contributed by atoms with E-state index in [1.165, 1.54) is 24.3 Å². The second-order valence-electron chi connectivity index (χ2n) is 8.95. The number of hydrogen-bond acceptors (Lipinski definition) is 4. The van der Waals surface area contributed by atoms with Gasteiger partial charge >= 0.3 is 0 Å². The van der Waals surface area contributed by atoms with Gasteiger partial charge in [-0.25, -0.2) is 18.1 Å². The van der Waals surface area contributed by atoms with Crippen LogP contribution in [0.15, 0.2) is 85.2 Å². The SMILES string of the molecule is Cc1cc2c(cnn2-c2ccc(F)cc2)cc1C=O.Cc1cc2c(cnn2-c2ccc(F)cc2)cc1CO. The second-order valence-corrected chi connectivity index (χ2v) is 8.95. The highest BCUT2D eigenvalue weighted by molar-refractivity contribution is 5.89. The van der Waals surface area contributed by atoms with E-state index in [-0.39, 0.29) is 18.2 Å². The van der Waals surface area contributed by atoms with Crippen molar-refractivity contribution in [1.82, 2.24) is 19.6 Å². The van der Waals surface area contributed by atoms with Gasteiger partial charge in [-0.1, -0.05) is 0 Å². The monoisotopic (exact) mass is 510 g/mol. The Bertz CT molecular complexity index is 1750. The summed E-state index contributed by atoms with van der Waals surface area (Å²) in [4.78, 5) is 10.9. The minimum Gasteiger partial charge on any atom is -0.392 e. The number of aromatic nitrogens is 4.